The van der Waals surface area contributed by atoms with Gasteiger partial charge in [-0.05, 0) is 30.9 Å². The summed E-state index contributed by atoms with van der Waals surface area (Å²) in [7, 11) is 0. The van der Waals surface area contributed by atoms with E-state index in [9.17, 15) is 0 Å². The number of halogens is 1. The second kappa shape index (κ2) is 6.75. The molecule has 1 aromatic heterocycles. The van der Waals surface area contributed by atoms with Crippen molar-refractivity contribution < 1.29 is 4.42 Å². The molecular formula is C17H22BrNO. The third kappa shape index (κ3) is 3.63. The van der Waals surface area contributed by atoms with E-state index in [2.05, 4.69) is 20.9 Å². The summed E-state index contributed by atoms with van der Waals surface area (Å²) in [6.07, 6.45) is 10.6. The molecule has 0 N–H and O–H groups in total. The average Bonchev–Trinajstić information content (AvgIpc) is 2.88. The van der Waals surface area contributed by atoms with Crippen LogP contribution < -0.4 is 0 Å². The number of rotatable bonds is 5. The molecule has 3 rings (SSSR count). The summed E-state index contributed by atoms with van der Waals surface area (Å²) in [5, 5.41) is 0. The van der Waals surface area contributed by atoms with Crippen molar-refractivity contribution >= 4 is 27.0 Å². The molecule has 1 aromatic carbocycles. The van der Waals surface area contributed by atoms with Crippen LogP contribution in [0, 0.1) is 5.92 Å². The van der Waals surface area contributed by atoms with Gasteiger partial charge in [-0.1, -0.05) is 60.2 Å². The lowest BCUT2D eigenvalue weighted by Gasteiger charge is -2.22. The predicted octanol–water partition coefficient (Wildman–Crippen LogP) is 5.49. The average molecular weight is 336 g/mol. The first-order chi connectivity index (χ1) is 9.81. The Morgan fingerprint density at radius 3 is 2.80 bits per heavy atom. The van der Waals surface area contributed by atoms with Gasteiger partial charge < -0.3 is 4.42 Å². The molecule has 0 saturated heterocycles. The molecule has 1 saturated carbocycles. The van der Waals surface area contributed by atoms with Crippen molar-refractivity contribution in [2.75, 3.05) is 0 Å². The van der Waals surface area contributed by atoms with E-state index in [1.807, 2.05) is 24.3 Å². The zero-order chi connectivity index (χ0) is 13.8. The van der Waals surface area contributed by atoms with Gasteiger partial charge in [-0.15, -0.1) is 0 Å². The Kier molecular flexibility index (Phi) is 4.77. The molecule has 1 unspecified atom stereocenters. The van der Waals surface area contributed by atoms with Crippen LogP contribution in [0.25, 0.3) is 11.1 Å². The minimum atomic E-state index is 0.484. The monoisotopic (exact) mass is 335 g/mol. The van der Waals surface area contributed by atoms with Gasteiger partial charge in [0.2, 0.25) is 0 Å². The Morgan fingerprint density at radius 2 is 2.00 bits per heavy atom. The highest BCUT2D eigenvalue weighted by atomic mass is 79.9. The fourth-order valence-corrected chi connectivity index (χ4v) is 3.73. The second-order valence-electron chi connectivity index (χ2n) is 5.96. The Morgan fingerprint density at radius 1 is 1.20 bits per heavy atom. The van der Waals surface area contributed by atoms with E-state index in [0.29, 0.717) is 4.83 Å². The van der Waals surface area contributed by atoms with Gasteiger partial charge in [-0.3, -0.25) is 0 Å². The molecule has 2 aromatic rings. The molecule has 1 aliphatic rings. The standard InChI is InChI=1S/C17H22BrNO/c18-14(11-10-13-6-2-1-3-7-13)12-17-19-15-8-4-5-9-16(15)20-17/h4-5,8-9,13-14H,1-3,6-7,10-12H2. The van der Waals surface area contributed by atoms with E-state index in [-0.39, 0.29) is 0 Å². The molecule has 0 amide bonds. The number of alkyl halides is 1. The van der Waals surface area contributed by atoms with Crippen LogP contribution in [0.5, 0.6) is 0 Å². The van der Waals surface area contributed by atoms with Crippen LogP contribution in [0.1, 0.15) is 50.8 Å². The maximum Gasteiger partial charge on any atom is 0.196 e. The SMILES string of the molecule is BrC(CCC1CCCCC1)Cc1nc2ccccc2o1. The highest BCUT2D eigenvalue weighted by molar-refractivity contribution is 9.09. The summed E-state index contributed by atoms with van der Waals surface area (Å²) in [6, 6.07) is 7.99. The van der Waals surface area contributed by atoms with E-state index in [1.165, 1.54) is 44.9 Å². The van der Waals surface area contributed by atoms with Gasteiger partial charge in [0, 0.05) is 11.2 Å². The summed E-state index contributed by atoms with van der Waals surface area (Å²) >= 11 is 3.80. The van der Waals surface area contributed by atoms with Crippen molar-refractivity contribution in [1.29, 1.82) is 0 Å². The normalized spacial score (nSPS) is 18.4. The number of fused-ring (bicyclic) bond motifs is 1. The van der Waals surface area contributed by atoms with Crippen LogP contribution in [-0.2, 0) is 6.42 Å². The van der Waals surface area contributed by atoms with Crippen LogP contribution in [0.15, 0.2) is 28.7 Å². The first-order valence-corrected chi connectivity index (χ1v) is 8.71. The largest absolute Gasteiger partial charge is 0.441 e. The van der Waals surface area contributed by atoms with E-state index in [4.69, 9.17) is 4.42 Å². The van der Waals surface area contributed by atoms with Gasteiger partial charge in [-0.25, -0.2) is 4.98 Å². The highest BCUT2D eigenvalue weighted by Crippen LogP contribution is 2.29. The zero-order valence-corrected chi connectivity index (χ0v) is 13.4. The van der Waals surface area contributed by atoms with E-state index < -0.39 is 0 Å². The van der Waals surface area contributed by atoms with E-state index in [1.54, 1.807) is 0 Å². The number of para-hydroxylation sites is 2. The lowest BCUT2D eigenvalue weighted by molar-refractivity contribution is 0.330. The van der Waals surface area contributed by atoms with Gasteiger partial charge in [0.05, 0.1) is 0 Å². The van der Waals surface area contributed by atoms with Crippen LogP contribution in [0.3, 0.4) is 0 Å². The van der Waals surface area contributed by atoms with Crippen molar-refractivity contribution in [1.82, 2.24) is 4.98 Å². The minimum absolute atomic E-state index is 0.484. The van der Waals surface area contributed by atoms with Crippen molar-refractivity contribution in [2.45, 2.75) is 56.2 Å². The second-order valence-corrected chi connectivity index (χ2v) is 7.25. The number of nitrogens with zero attached hydrogens (tertiary/aromatic N) is 1. The maximum atomic E-state index is 5.79. The molecule has 0 bridgehead atoms. The molecule has 0 aliphatic heterocycles. The number of oxazole rings is 1. The predicted molar refractivity (Wildman–Crippen MR) is 86.2 cm³/mol. The van der Waals surface area contributed by atoms with Crippen molar-refractivity contribution in [3.05, 3.63) is 30.2 Å². The first-order valence-electron chi connectivity index (χ1n) is 7.80. The van der Waals surface area contributed by atoms with Crippen LogP contribution >= 0.6 is 15.9 Å². The topological polar surface area (TPSA) is 26.0 Å². The minimum Gasteiger partial charge on any atom is -0.441 e. The quantitative estimate of drug-likeness (QED) is 0.674. The molecule has 1 atom stereocenters. The molecule has 108 valence electrons. The summed E-state index contributed by atoms with van der Waals surface area (Å²) in [5.41, 5.74) is 1.86. The molecule has 0 radical (unpaired) electrons. The third-order valence-corrected chi connectivity index (χ3v) is 5.13. The highest BCUT2D eigenvalue weighted by Gasteiger charge is 2.16. The van der Waals surface area contributed by atoms with Crippen LogP contribution in [0.2, 0.25) is 0 Å². The van der Waals surface area contributed by atoms with Gasteiger partial charge in [0.15, 0.2) is 11.5 Å². The lowest BCUT2D eigenvalue weighted by Crippen LogP contribution is -2.10. The van der Waals surface area contributed by atoms with E-state index in [0.717, 1.165) is 29.3 Å². The number of hydrogen-bond acceptors (Lipinski definition) is 2. The molecular weight excluding hydrogens is 314 g/mol. The van der Waals surface area contributed by atoms with Gasteiger partial charge in [0.25, 0.3) is 0 Å². The Balaban J connectivity index is 1.51. The van der Waals surface area contributed by atoms with Crippen molar-refractivity contribution in [3.63, 3.8) is 0 Å². The summed E-state index contributed by atoms with van der Waals surface area (Å²) in [5.74, 6) is 1.81. The third-order valence-electron chi connectivity index (χ3n) is 4.35. The van der Waals surface area contributed by atoms with Crippen LogP contribution in [0.4, 0.5) is 0 Å². The van der Waals surface area contributed by atoms with Gasteiger partial charge in [0.1, 0.15) is 5.52 Å². The Hall–Kier alpha value is -0.830. The van der Waals surface area contributed by atoms with Gasteiger partial charge in [-0.2, -0.15) is 0 Å². The first kappa shape index (κ1) is 14.1. The number of benzene rings is 1. The molecule has 2 nitrogen and oxygen atoms in total. The molecule has 3 heteroatoms. The number of aromatic nitrogens is 1. The molecule has 1 heterocycles. The Bertz CT molecular complexity index is 512. The Labute approximate surface area is 129 Å². The molecule has 1 aliphatic carbocycles. The summed E-state index contributed by atoms with van der Waals surface area (Å²) in [4.78, 5) is 5.03. The summed E-state index contributed by atoms with van der Waals surface area (Å²) < 4.78 is 5.79. The smallest absolute Gasteiger partial charge is 0.196 e. The molecule has 20 heavy (non-hydrogen) atoms. The fraction of sp³-hybridized carbons (Fsp3) is 0.588. The molecule has 0 spiro atoms. The fourth-order valence-electron chi connectivity index (χ4n) is 3.19. The lowest BCUT2D eigenvalue weighted by atomic mass is 9.85. The maximum absolute atomic E-state index is 5.79. The van der Waals surface area contributed by atoms with Crippen LogP contribution in [-0.4, -0.2) is 9.81 Å². The molecule has 1 fully saturated rings. The van der Waals surface area contributed by atoms with Gasteiger partial charge >= 0.3 is 0 Å². The zero-order valence-electron chi connectivity index (χ0n) is 11.9. The number of hydrogen-bond donors (Lipinski definition) is 0. The van der Waals surface area contributed by atoms with Crippen molar-refractivity contribution in [2.24, 2.45) is 5.92 Å². The summed E-state index contributed by atoms with van der Waals surface area (Å²) in [6.45, 7) is 0. The van der Waals surface area contributed by atoms with E-state index >= 15 is 0 Å². The van der Waals surface area contributed by atoms with Crippen molar-refractivity contribution in [3.8, 4) is 0 Å².